The van der Waals surface area contributed by atoms with Gasteiger partial charge in [0.2, 0.25) is 0 Å². The van der Waals surface area contributed by atoms with E-state index in [2.05, 4.69) is 48.1 Å². The largest absolute Gasteiger partial charge is 0.325 e. The first-order valence-corrected chi connectivity index (χ1v) is 7.22. The quantitative estimate of drug-likeness (QED) is 0.940. The lowest BCUT2D eigenvalue weighted by Gasteiger charge is -2.24. The lowest BCUT2D eigenvalue weighted by atomic mass is 10.0. The van der Waals surface area contributed by atoms with Gasteiger partial charge in [-0.1, -0.05) is 12.1 Å². The van der Waals surface area contributed by atoms with E-state index in [-0.39, 0.29) is 6.04 Å². The highest BCUT2D eigenvalue weighted by molar-refractivity contribution is 5.90. The number of hydrazone groups is 1. The molecule has 1 aliphatic rings. The number of aromatic nitrogens is 1. The molecule has 0 spiro atoms. The highest BCUT2D eigenvalue weighted by Gasteiger charge is 2.28. The molecule has 1 unspecified atom stereocenters. The van der Waals surface area contributed by atoms with E-state index in [1.165, 1.54) is 16.7 Å². The maximum Gasteiger partial charge on any atom is 0.0843 e. The van der Waals surface area contributed by atoms with Gasteiger partial charge >= 0.3 is 0 Å². The van der Waals surface area contributed by atoms with Crippen LogP contribution in [0.2, 0.25) is 0 Å². The SMILES string of the molecule is Cc1ccc(N2N=C(CN)CC2c2cccnc2)cc1C. The molecule has 4 nitrogen and oxygen atoms in total. The fourth-order valence-corrected chi connectivity index (χ4v) is 2.63. The molecule has 0 bridgehead atoms. The molecule has 1 atom stereocenters. The molecule has 0 amide bonds. The van der Waals surface area contributed by atoms with Crippen LogP contribution in [0.5, 0.6) is 0 Å². The Hall–Kier alpha value is -2.20. The Kier molecular flexibility index (Phi) is 3.71. The van der Waals surface area contributed by atoms with E-state index in [0.717, 1.165) is 17.8 Å². The Morgan fingerprint density at radius 1 is 1.24 bits per heavy atom. The van der Waals surface area contributed by atoms with Gasteiger partial charge in [0.25, 0.3) is 0 Å². The molecule has 0 fully saturated rings. The van der Waals surface area contributed by atoms with Gasteiger partial charge in [-0.15, -0.1) is 0 Å². The summed E-state index contributed by atoms with van der Waals surface area (Å²) in [5.74, 6) is 0. The highest BCUT2D eigenvalue weighted by atomic mass is 15.5. The Morgan fingerprint density at radius 2 is 2.10 bits per heavy atom. The van der Waals surface area contributed by atoms with Crippen molar-refractivity contribution in [1.29, 1.82) is 0 Å². The molecule has 2 aromatic rings. The summed E-state index contributed by atoms with van der Waals surface area (Å²) >= 11 is 0. The minimum Gasteiger partial charge on any atom is -0.325 e. The molecule has 0 saturated heterocycles. The van der Waals surface area contributed by atoms with E-state index in [0.29, 0.717) is 6.54 Å². The van der Waals surface area contributed by atoms with Crippen LogP contribution in [0, 0.1) is 13.8 Å². The van der Waals surface area contributed by atoms with Gasteiger partial charge in [-0.25, -0.2) is 0 Å². The number of hydrogen-bond acceptors (Lipinski definition) is 4. The minimum atomic E-state index is 0.180. The summed E-state index contributed by atoms with van der Waals surface area (Å²) in [5, 5.41) is 6.78. The van der Waals surface area contributed by atoms with Crippen LogP contribution in [-0.2, 0) is 0 Å². The number of nitrogens with two attached hydrogens (primary N) is 1. The van der Waals surface area contributed by atoms with Crippen molar-refractivity contribution in [3.63, 3.8) is 0 Å². The van der Waals surface area contributed by atoms with E-state index in [1.54, 1.807) is 6.20 Å². The number of rotatable bonds is 3. The number of aryl methyl sites for hydroxylation is 2. The maximum atomic E-state index is 5.80. The number of anilines is 1. The van der Waals surface area contributed by atoms with Gasteiger partial charge in [0.1, 0.15) is 0 Å². The first-order chi connectivity index (χ1) is 10.2. The lowest BCUT2D eigenvalue weighted by Crippen LogP contribution is -2.19. The van der Waals surface area contributed by atoms with Crippen LogP contribution in [0.4, 0.5) is 5.69 Å². The fourth-order valence-electron chi connectivity index (χ4n) is 2.63. The zero-order valence-electron chi connectivity index (χ0n) is 12.5. The molecule has 108 valence electrons. The normalized spacial score (nSPS) is 18.0. The van der Waals surface area contributed by atoms with Crippen molar-refractivity contribution in [3.8, 4) is 0 Å². The van der Waals surface area contributed by atoms with Gasteiger partial charge in [-0.05, 0) is 48.7 Å². The number of pyridine rings is 1. The highest BCUT2D eigenvalue weighted by Crippen LogP contribution is 2.35. The molecule has 4 heteroatoms. The van der Waals surface area contributed by atoms with Crippen molar-refractivity contribution < 1.29 is 0 Å². The van der Waals surface area contributed by atoms with Crippen molar-refractivity contribution in [3.05, 3.63) is 59.4 Å². The van der Waals surface area contributed by atoms with Crippen LogP contribution >= 0.6 is 0 Å². The third-order valence-corrected chi connectivity index (χ3v) is 4.03. The smallest absolute Gasteiger partial charge is 0.0843 e. The van der Waals surface area contributed by atoms with Crippen molar-refractivity contribution in [2.45, 2.75) is 26.3 Å². The van der Waals surface area contributed by atoms with E-state index < -0.39 is 0 Å². The van der Waals surface area contributed by atoms with Crippen LogP contribution in [0.25, 0.3) is 0 Å². The summed E-state index contributed by atoms with van der Waals surface area (Å²) in [7, 11) is 0. The Labute approximate surface area is 125 Å². The molecule has 0 aliphatic carbocycles. The molecule has 21 heavy (non-hydrogen) atoms. The molecule has 0 saturated carbocycles. The topological polar surface area (TPSA) is 54.5 Å². The summed E-state index contributed by atoms with van der Waals surface area (Å²) in [4.78, 5) is 4.23. The van der Waals surface area contributed by atoms with E-state index in [1.807, 2.05) is 12.3 Å². The predicted molar refractivity (Wildman–Crippen MR) is 86.5 cm³/mol. The number of benzene rings is 1. The second-order valence-electron chi connectivity index (χ2n) is 5.49. The summed E-state index contributed by atoms with van der Waals surface area (Å²) < 4.78 is 0. The van der Waals surface area contributed by atoms with Gasteiger partial charge in [-0.2, -0.15) is 5.10 Å². The molecule has 1 aromatic heterocycles. The number of hydrogen-bond donors (Lipinski definition) is 1. The Morgan fingerprint density at radius 3 is 2.76 bits per heavy atom. The van der Waals surface area contributed by atoms with Gasteiger partial charge in [0.05, 0.1) is 17.4 Å². The van der Waals surface area contributed by atoms with Crippen molar-refractivity contribution >= 4 is 11.4 Å². The zero-order chi connectivity index (χ0) is 14.8. The molecular weight excluding hydrogens is 260 g/mol. The molecule has 0 radical (unpaired) electrons. The molecule has 2 N–H and O–H groups in total. The van der Waals surface area contributed by atoms with Crippen molar-refractivity contribution in [1.82, 2.24) is 4.98 Å². The average Bonchev–Trinajstić information content (AvgIpc) is 2.95. The van der Waals surface area contributed by atoms with E-state index in [9.17, 15) is 0 Å². The van der Waals surface area contributed by atoms with Gasteiger partial charge in [0, 0.05) is 25.4 Å². The van der Waals surface area contributed by atoms with Gasteiger partial charge in [-0.3, -0.25) is 9.99 Å². The lowest BCUT2D eigenvalue weighted by molar-refractivity contribution is 0.704. The van der Waals surface area contributed by atoms with Crippen LogP contribution in [0.15, 0.2) is 47.8 Å². The zero-order valence-corrected chi connectivity index (χ0v) is 12.5. The molecule has 2 heterocycles. The summed E-state index contributed by atoms with van der Waals surface area (Å²) in [6.07, 6.45) is 4.56. The summed E-state index contributed by atoms with van der Waals surface area (Å²) in [6, 6.07) is 10.7. The Balaban J connectivity index is 1.99. The second kappa shape index (κ2) is 5.66. The average molecular weight is 280 g/mol. The van der Waals surface area contributed by atoms with Crippen LogP contribution in [-0.4, -0.2) is 17.2 Å². The molecule has 1 aliphatic heterocycles. The third kappa shape index (κ3) is 2.67. The Bertz CT molecular complexity index is 664. The molecule has 3 rings (SSSR count). The van der Waals surface area contributed by atoms with Crippen LogP contribution in [0.1, 0.15) is 29.2 Å². The standard InChI is InChI=1S/C17H20N4/c1-12-5-6-16(8-13(12)2)21-17(9-15(10-18)20-21)14-4-3-7-19-11-14/h3-8,11,17H,9-10,18H2,1-2H3. The predicted octanol–water partition coefficient (Wildman–Crippen LogP) is 2.96. The minimum absolute atomic E-state index is 0.180. The molecule has 1 aromatic carbocycles. The summed E-state index contributed by atoms with van der Waals surface area (Å²) in [5.41, 5.74) is 11.7. The fraction of sp³-hybridized carbons (Fsp3) is 0.294. The third-order valence-electron chi connectivity index (χ3n) is 4.03. The van der Waals surface area contributed by atoms with Crippen molar-refractivity contribution in [2.75, 3.05) is 11.6 Å². The molecular formula is C17H20N4. The van der Waals surface area contributed by atoms with Gasteiger partial charge < -0.3 is 5.73 Å². The first-order valence-electron chi connectivity index (χ1n) is 7.22. The van der Waals surface area contributed by atoms with Crippen LogP contribution in [0.3, 0.4) is 0 Å². The second-order valence-corrected chi connectivity index (χ2v) is 5.49. The number of nitrogens with zero attached hydrogens (tertiary/aromatic N) is 3. The first kappa shape index (κ1) is 13.8. The van der Waals surface area contributed by atoms with E-state index in [4.69, 9.17) is 10.8 Å². The van der Waals surface area contributed by atoms with E-state index >= 15 is 0 Å². The maximum absolute atomic E-state index is 5.80. The van der Waals surface area contributed by atoms with Gasteiger partial charge in [0.15, 0.2) is 0 Å². The van der Waals surface area contributed by atoms with Crippen LogP contribution < -0.4 is 10.7 Å². The van der Waals surface area contributed by atoms with Crippen molar-refractivity contribution in [2.24, 2.45) is 10.8 Å². The summed E-state index contributed by atoms with van der Waals surface area (Å²) in [6.45, 7) is 4.75. The monoisotopic (exact) mass is 280 g/mol.